The Bertz CT molecular complexity index is 1610. The van der Waals surface area contributed by atoms with Crippen LogP contribution in [0.4, 0.5) is 0 Å². The van der Waals surface area contributed by atoms with E-state index >= 15 is 0 Å². The van der Waals surface area contributed by atoms with Crippen molar-refractivity contribution < 1.29 is 31.6 Å². The Morgan fingerprint density at radius 3 is 2.33 bits per heavy atom. The fourth-order valence-electron chi connectivity index (χ4n) is 4.03. The standard InChI is InChI=1S/C26H29N4O7PS2/c1-4-36-38(32,37-5-2)26(20-9-6-7-10-23(20)35-3)28-25(31)21-17-22(24-11-8-16-39-24)30(29-21)18-12-14-19(15-13-18)40(27,33)34/h6-17,26H,4-5H2,1-3H3,(H,28,31)(H2,27,33,34). The van der Waals surface area contributed by atoms with Crippen molar-refractivity contribution in [2.75, 3.05) is 20.3 Å². The van der Waals surface area contributed by atoms with Crippen molar-refractivity contribution in [1.29, 1.82) is 0 Å². The third-order valence-electron chi connectivity index (χ3n) is 5.76. The SMILES string of the molecule is CCOP(=O)(OCC)C(NC(=O)c1cc(-c2cccs2)n(-c2ccc(S(N)(=O)=O)cc2)n1)c1ccccc1OC. The van der Waals surface area contributed by atoms with E-state index in [1.165, 1.54) is 35.3 Å². The number of methoxy groups -OCH3 is 1. The van der Waals surface area contributed by atoms with Gasteiger partial charge in [0.1, 0.15) is 5.75 Å². The van der Waals surface area contributed by atoms with Crippen LogP contribution in [0.2, 0.25) is 0 Å². The average Bonchev–Trinajstić information content (AvgIpc) is 3.62. The van der Waals surface area contributed by atoms with Gasteiger partial charge in [-0.25, -0.2) is 18.2 Å². The maximum Gasteiger partial charge on any atom is 0.357 e. The van der Waals surface area contributed by atoms with E-state index in [-0.39, 0.29) is 23.8 Å². The van der Waals surface area contributed by atoms with Crippen LogP contribution in [-0.4, -0.2) is 44.4 Å². The first-order valence-corrected chi connectivity index (χ1v) is 16.2. The number of rotatable bonds is 12. The van der Waals surface area contributed by atoms with Gasteiger partial charge in [-0.2, -0.15) is 5.10 Å². The molecule has 2 aromatic heterocycles. The average molecular weight is 605 g/mol. The Morgan fingerprint density at radius 1 is 1.07 bits per heavy atom. The highest BCUT2D eigenvalue weighted by Crippen LogP contribution is 2.60. The highest BCUT2D eigenvalue weighted by atomic mass is 32.2. The largest absolute Gasteiger partial charge is 0.496 e. The minimum atomic E-state index is -3.91. The molecule has 0 aliphatic heterocycles. The van der Waals surface area contributed by atoms with Gasteiger partial charge in [-0.15, -0.1) is 11.3 Å². The lowest BCUT2D eigenvalue weighted by molar-refractivity contribution is 0.0931. The number of nitrogens with one attached hydrogen (secondary N) is 1. The van der Waals surface area contributed by atoms with Crippen LogP contribution in [0.1, 0.15) is 35.7 Å². The molecular formula is C26H29N4O7PS2. The predicted molar refractivity (Wildman–Crippen MR) is 152 cm³/mol. The topological polar surface area (TPSA) is 152 Å². The summed E-state index contributed by atoms with van der Waals surface area (Å²) < 4.78 is 55.6. The van der Waals surface area contributed by atoms with Crippen LogP contribution in [0.25, 0.3) is 16.3 Å². The number of sulfonamides is 1. The number of carbonyl (C=O) groups excluding carboxylic acids is 1. The quantitative estimate of drug-likeness (QED) is 0.216. The van der Waals surface area contributed by atoms with Crippen molar-refractivity contribution in [2.45, 2.75) is 24.5 Å². The van der Waals surface area contributed by atoms with E-state index in [4.69, 9.17) is 18.9 Å². The second-order valence-electron chi connectivity index (χ2n) is 8.34. The van der Waals surface area contributed by atoms with E-state index in [0.29, 0.717) is 22.7 Å². The Kier molecular flexibility index (Phi) is 9.24. The third kappa shape index (κ3) is 6.35. The van der Waals surface area contributed by atoms with Gasteiger partial charge < -0.3 is 19.1 Å². The van der Waals surface area contributed by atoms with Crippen LogP contribution in [-0.2, 0) is 23.6 Å². The van der Waals surface area contributed by atoms with Gasteiger partial charge in [0, 0.05) is 5.56 Å². The normalized spacial score (nSPS) is 12.7. The molecule has 4 rings (SSSR count). The van der Waals surface area contributed by atoms with Crippen molar-refractivity contribution >= 4 is 34.9 Å². The van der Waals surface area contributed by atoms with E-state index in [1.807, 2.05) is 17.5 Å². The molecule has 14 heteroatoms. The number of hydrogen-bond acceptors (Lipinski definition) is 9. The second-order valence-corrected chi connectivity index (χ2v) is 13.0. The van der Waals surface area contributed by atoms with Crippen LogP contribution in [0.5, 0.6) is 5.75 Å². The second kappa shape index (κ2) is 12.5. The summed E-state index contributed by atoms with van der Waals surface area (Å²) >= 11 is 1.44. The first-order valence-electron chi connectivity index (χ1n) is 12.2. The highest BCUT2D eigenvalue weighted by Gasteiger charge is 2.40. The zero-order valence-corrected chi connectivity index (χ0v) is 24.5. The number of ether oxygens (including phenoxy) is 1. The molecule has 2 heterocycles. The summed E-state index contributed by atoms with van der Waals surface area (Å²) in [6.45, 7) is 3.54. The van der Waals surface area contributed by atoms with E-state index in [2.05, 4.69) is 10.4 Å². The molecule has 0 aliphatic carbocycles. The summed E-state index contributed by atoms with van der Waals surface area (Å²) in [4.78, 5) is 14.4. The molecule has 212 valence electrons. The van der Waals surface area contributed by atoms with Gasteiger partial charge in [0.2, 0.25) is 10.0 Å². The van der Waals surface area contributed by atoms with Crippen LogP contribution >= 0.6 is 18.9 Å². The maximum atomic E-state index is 13.9. The Labute approximate surface area is 236 Å². The number of amides is 1. The monoisotopic (exact) mass is 604 g/mol. The van der Waals surface area contributed by atoms with Crippen LogP contribution in [0, 0.1) is 0 Å². The highest BCUT2D eigenvalue weighted by molar-refractivity contribution is 7.89. The summed E-state index contributed by atoms with van der Waals surface area (Å²) in [6, 6.07) is 18.0. The lowest BCUT2D eigenvalue weighted by Crippen LogP contribution is -2.30. The van der Waals surface area contributed by atoms with Gasteiger partial charge in [0.05, 0.1) is 41.5 Å². The Hall–Kier alpha value is -3.32. The van der Waals surface area contributed by atoms with Gasteiger partial charge in [0.15, 0.2) is 11.5 Å². The fourth-order valence-corrected chi connectivity index (χ4v) is 7.19. The van der Waals surface area contributed by atoms with Gasteiger partial charge in [0.25, 0.3) is 5.91 Å². The molecular weight excluding hydrogens is 575 g/mol. The van der Waals surface area contributed by atoms with Crippen molar-refractivity contribution in [1.82, 2.24) is 15.1 Å². The minimum absolute atomic E-state index is 0.0263. The number of nitrogens with zero attached hydrogens (tertiary/aromatic N) is 2. The number of nitrogens with two attached hydrogens (primary N) is 1. The van der Waals surface area contributed by atoms with Gasteiger partial charge in [-0.1, -0.05) is 24.3 Å². The molecule has 1 unspecified atom stereocenters. The molecule has 0 spiro atoms. The molecule has 0 fully saturated rings. The molecule has 2 aromatic carbocycles. The molecule has 3 N–H and O–H groups in total. The minimum Gasteiger partial charge on any atom is -0.496 e. The lowest BCUT2D eigenvalue weighted by Gasteiger charge is -2.28. The predicted octanol–water partition coefficient (Wildman–Crippen LogP) is 4.95. The number of benzene rings is 2. The van der Waals surface area contributed by atoms with Crippen molar-refractivity contribution in [2.24, 2.45) is 5.14 Å². The molecule has 0 aliphatic rings. The zero-order valence-electron chi connectivity index (χ0n) is 22.0. The van der Waals surface area contributed by atoms with Crippen LogP contribution < -0.4 is 15.2 Å². The van der Waals surface area contributed by atoms with E-state index in [9.17, 15) is 17.8 Å². The first-order chi connectivity index (χ1) is 19.1. The summed E-state index contributed by atoms with van der Waals surface area (Å²) in [5.41, 5.74) is 1.54. The van der Waals surface area contributed by atoms with E-state index in [1.54, 1.807) is 56.3 Å². The Morgan fingerprint density at radius 2 is 1.75 bits per heavy atom. The summed E-state index contributed by atoms with van der Waals surface area (Å²) in [6.07, 6.45) is 0. The summed E-state index contributed by atoms with van der Waals surface area (Å²) in [7, 11) is -6.32. The molecule has 0 saturated carbocycles. The number of carbonyl (C=O) groups is 1. The van der Waals surface area contributed by atoms with Gasteiger partial charge in [-0.05, 0) is 61.7 Å². The van der Waals surface area contributed by atoms with Crippen molar-refractivity contribution in [3.8, 4) is 22.0 Å². The van der Waals surface area contributed by atoms with Gasteiger partial charge >= 0.3 is 7.60 Å². The Balaban J connectivity index is 1.78. The molecule has 0 radical (unpaired) electrons. The molecule has 1 atom stereocenters. The van der Waals surface area contributed by atoms with E-state index < -0.39 is 29.3 Å². The maximum absolute atomic E-state index is 13.9. The first kappa shape index (κ1) is 29.7. The molecule has 11 nitrogen and oxygen atoms in total. The smallest absolute Gasteiger partial charge is 0.357 e. The number of para-hydroxylation sites is 1. The molecule has 1 amide bonds. The molecule has 40 heavy (non-hydrogen) atoms. The fraction of sp³-hybridized carbons (Fsp3) is 0.231. The van der Waals surface area contributed by atoms with Gasteiger partial charge in [-0.3, -0.25) is 9.36 Å². The molecule has 0 saturated heterocycles. The number of hydrogen-bond donors (Lipinski definition) is 2. The van der Waals surface area contributed by atoms with Crippen molar-refractivity contribution in [3.05, 3.63) is 83.4 Å². The molecule has 4 aromatic rings. The van der Waals surface area contributed by atoms with Crippen LogP contribution in [0.15, 0.2) is 77.0 Å². The zero-order chi connectivity index (χ0) is 28.9. The lowest BCUT2D eigenvalue weighted by atomic mass is 10.2. The van der Waals surface area contributed by atoms with Crippen LogP contribution in [0.3, 0.4) is 0 Å². The number of aromatic nitrogens is 2. The number of primary sulfonamides is 1. The molecule has 0 bridgehead atoms. The summed E-state index contributed by atoms with van der Waals surface area (Å²) in [5.74, 6) is -1.43. The van der Waals surface area contributed by atoms with Crippen molar-refractivity contribution in [3.63, 3.8) is 0 Å². The van der Waals surface area contributed by atoms with E-state index in [0.717, 1.165) is 4.88 Å². The summed E-state index contributed by atoms with van der Waals surface area (Å²) in [5, 5.41) is 14.4. The number of thiophene rings is 1. The third-order valence-corrected chi connectivity index (χ3v) is 9.86.